The fourth-order valence-electron chi connectivity index (χ4n) is 1.30. The Labute approximate surface area is 91.1 Å². The van der Waals surface area contributed by atoms with Crippen LogP contribution in [0.2, 0.25) is 5.02 Å². The van der Waals surface area contributed by atoms with Gasteiger partial charge in [0.1, 0.15) is 11.6 Å². The van der Waals surface area contributed by atoms with E-state index in [0.717, 1.165) is 0 Å². The molecule has 2 rings (SSSR count). The molecular formula is C12H6ClF2. The second-order valence-corrected chi connectivity index (χ2v) is 3.45. The van der Waals surface area contributed by atoms with E-state index in [2.05, 4.69) is 6.07 Å². The summed E-state index contributed by atoms with van der Waals surface area (Å²) >= 11 is 5.83. The predicted molar refractivity (Wildman–Crippen MR) is 55.6 cm³/mol. The minimum Gasteiger partial charge on any atom is -0.207 e. The summed E-state index contributed by atoms with van der Waals surface area (Å²) in [5, 5.41) is 0.247. The normalized spacial score (nSPS) is 10.3. The maximum atomic E-state index is 12.9. The van der Waals surface area contributed by atoms with Gasteiger partial charge in [0.2, 0.25) is 0 Å². The van der Waals surface area contributed by atoms with Crippen molar-refractivity contribution in [3.05, 3.63) is 59.1 Å². The lowest BCUT2D eigenvalue weighted by Gasteiger charge is -2.03. The molecule has 0 aromatic heterocycles. The number of rotatable bonds is 1. The Balaban J connectivity index is 2.54. The molecule has 0 amide bonds. The second-order valence-electron chi connectivity index (χ2n) is 3.04. The van der Waals surface area contributed by atoms with Crippen LogP contribution in [-0.2, 0) is 0 Å². The van der Waals surface area contributed by atoms with Gasteiger partial charge in [0.25, 0.3) is 0 Å². The molecule has 3 heteroatoms. The average Bonchev–Trinajstić information content (AvgIpc) is 2.17. The van der Waals surface area contributed by atoms with Crippen molar-refractivity contribution >= 4 is 11.6 Å². The molecule has 0 spiro atoms. The summed E-state index contributed by atoms with van der Waals surface area (Å²) in [6.07, 6.45) is 0. The first-order valence-corrected chi connectivity index (χ1v) is 4.67. The standard InChI is InChI=1S/C12H6ClF2/c13-12-7-10(15)4-5-11(12)8-2-1-3-9(14)6-8/h1,3-7H. The van der Waals surface area contributed by atoms with Crippen molar-refractivity contribution < 1.29 is 8.78 Å². The van der Waals surface area contributed by atoms with Gasteiger partial charge in [-0.15, -0.1) is 0 Å². The van der Waals surface area contributed by atoms with Crippen molar-refractivity contribution in [1.29, 1.82) is 0 Å². The summed E-state index contributed by atoms with van der Waals surface area (Å²) in [4.78, 5) is 0. The van der Waals surface area contributed by atoms with Crippen molar-refractivity contribution in [2.75, 3.05) is 0 Å². The zero-order valence-electron chi connectivity index (χ0n) is 7.60. The van der Waals surface area contributed by atoms with Gasteiger partial charge in [-0.2, -0.15) is 0 Å². The molecule has 15 heavy (non-hydrogen) atoms. The lowest BCUT2D eigenvalue weighted by atomic mass is 10.1. The van der Waals surface area contributed by atoms with Crippen LogP contribution in [0.5, 0.6) is 0 Å². The topological polar surface area (TPSA) is 0 Å². The molecule has 0 saturated heterocycles. The van der Waals surface area contributed by atoms with E-state index in [1.54, 1.807) is 0 Å². The summed E-state index contributed by atoms with van der Waals surface area (Å²) in [5.74, 6) is -0.788. The predicted octanol–water partition coefficient (Wildman–Crippen LogP) is 4.09. The molecule has 0 fully saturated rings. The fourth-order valence-corrected chi connectivity index (χ4v) is 1.57. The molecule has 1 radical (unpaired) electrons. The third-order valence-electron chi connectivity index (χ3n) is 1.98. The van der Waals surface area contributed by atoms with Crippen molar-refractivity contribution in [3.8, 4) is 11.1 Å². The van der Waals surface area contributed by atoms with Gasteiger partial charge in [0.05, 0.1) is 5.02 Å². The number of halogens is 3. The molecule has 0 atom stereocenters. The van der Waals surface area contributed by atoms with Gasteiger partial charge in [-0.3, -0.25) is 0 Å². The molecule has 0 heterocycles. The van der Waals surface area contributed by atoms with Crippen LogP contribution in [0.4, 0.5) is 8.78 Å². The first kappa shape index (κ1) is 10.1. The zero-order valence-corrected chi connectivity index (χ0v) is 8.35. The number of benzene rings is 2. The van der Waals surface area contributed by atoms with E-state index in [0.29, 0.717) is 11.1 Å². The van der Waals surface area contributed by atoms with E-state index in [4.69, 9.17) is 11.6 Å². The summed E-state index contributed by atoms with van der Waals surface area (Å²) in [7, 11) is 0. The molecule has 0 saturated carbocycles. The molecule has 0 nitrogen and oxygen atoms in total. The van der Waals surface area contributed by atoms with Crippen LogP contribution in [0, 0.1) is 17.7 Å². The molecular weight excluding hydrogens is 218 g/mol. The SMILES string of the molecule is Fc1cc[c]c(-c2ccc(F)cc2Cl)c1. The van der Waals surface area contributed by atoms with E-state index in [-0.39, 0.29) is 10.8 Å². The van der Waals surface area contributed by atoms with E-state index in [1.165, 1.54) is 36.4 Å². The highest BCUT2D eigenvalue weighted by Gasteiger charge is 2.05. The largest absolute Gasteiger partial charge is 0.207 e. The third-order valence-corrected chi connectivity index (χ3v) is 2.30. The Bertz CT molecular complexity index is 495. The monoisotopic (exact) mass is 223 g/mol. The van der Waals surface area contributed by atoms with Gasteiger partial charge in [-0.25, -0.2) is 8.78 Å². The smallest absolute Gasteiger partial charge is 0.124 e. The molecule has 0 aliphatic carbocycles. The molecule has 0 aliphatic rings. The minimum absolute atomic E-state index is 0.247. The van der Waals surface area contributed by atoms with Crippen LogP contribution < -0.4 is 0 Å². The van der Waals surface area contributed by atoms with E-state index in [1.807, 2.05) is 0 Å². The highest BCUT2D eigenvalue weighted by Crippen LogP contribution is 2.28. The molecule has 0 N–H and O–H groups in total. The van der Waals surface area contributed by atoms with Crippen molar-refractivity contribution in [1.82, 2.24) is 0 Å². The summed E-state index contributed by atoms with van der Waals surface area (Å²) < 4.78 is 25.7. The Hall–Kier alpha value is -1.41. The van der Waals surface area contributed by atoms with Gasteiger partial charge in [-0.1, -0.05) is 17.7 Å². The highest BCUT2D eigenvalue weighted by atomic mass is 35.5. The molecule has 0 unspecified atom stereocenters. The maximum Gasteiger partial charge on any atom is 0.124 e. The Morgan fingerprint density at radius 3 is 2.40 bits per heavy atom. The molecule has 75 valence electrons. The van der Waals surface area contributed by atoms with Crippen LogP contribution in [0.25, 0.3) is 11.1 Å². The van der Waals surface area contributed by atoms with E-state index >= 15 is 0 Å². The zero-order chi connectivity index (χ0) is 10.8. The van der Waals surface area contributed by atoms with Crippen molar-refractivity contribution in [3.63, 3.8) is 0 Å². The van der Waals surface area contributed by atoms with Crippen molar-refractivity contribution in [2.45, 2.75) is 0 Å². The fraction of sp³-hybridized carbons (Fsp3) is 0. The summed E-state index contributed by atoms with van der Waals surface area (Å²) in [6, 6.07) is 10.9. The van der Waals surface area contributed by atoms with Crippen LogP contribution in [0.15, 0.2) is 36.4 Å². The maximum absolute atomic E-state index is 12.9. The molecule has 2 aromatic carbocycles. The molecule has 0 bridgehead atoms. The highest BCUT2D eigenvalue weighted by molar-refractivity contribution is 6.33. The van der Waals surface area contributed by atoms with E-state index in [9.17, 15) is 8.78 Å². The Morgan fingerprint density at radius 2 is 1.73 bits per heavy atom. The van der Waals surface area contributed by atoms with Crippen molar-refractivity contribution in [2.24, 2.45) is 0 Å². The number of hydrogen-bond acceptors (Lipinski definition) is 0. The van der Waals surface area contributed by atoms with Crippen LogP contribution in [-0.4, -0.2) is 0 Å². The minimum atomic E-state index is -0.417. The molecule has 0 aliphatic heterocycles. The van der Waals surface area contributed by atoms with Gasteiger partial charge >= 0.3 is 0 Å². The molecule has 2 aromatic rings. The van der Waals surface area contributed by atoms with Crippen LogP contribution in [0.3, 0.4) is 0 Å². The van der Waals surface area contributed by atoms with Crippen LogP contribution in [0.1, 0.15) is 0 Å². The van der Waals surface area contributed by atoms with Gasteiger partial charge < -0.3 is 0 Å². The number of hydrogen-bond donors (Lipinski definition) is 0. The quantitative estimate of drug-likeness (QED) is 0.683. The van der Waals surface area contributed by atoms with Gasteiger partial charge in [0.15, 0.2) is 0 Å². The van der Waals surface area contributed by atoms with Crippen LogP contribution >= 0.6 is 11.6 Å². The summed E-state index contributed by atoms with van der Waals surface area (Å²) in [5.41, 5.74) is 1.08. The van der Waals surface area contributed by atoms with E-state index < -0.39 is 5.82 Å². The van der Waals surface area contributed by atoms with Gasteiger partial charge in [-0.05, 0) is 42.0 Å². The second kappa shape index (κ2) is 3.99. The lowest BCUT2D eigenvalue weighted by molar-refractivity contribution is 0.627. The summed E-state index contributed by atoms with van der Waals surface area (Å²) in [6.45, 7) is 0. The Kier molecular flexibility index (Phi) is 2.69. The first-order valence-electron chi connectivity index (χ1n) is 4.29. The third kappa shape index (κ3) is 2.16. The average molecular weight is 224 g/mol. The first-order chi connectivity index (χ1) is 7.16. The Morgan fingerprint density at radius 1 is 1.00 bits per heavy atom. The lowest BCUT2D eigenvalue weighted by Crippen LogP contribution is -1.83. The van der Waals surface area contributed by atoms with Gasteiger partial charge in [0, 0.05) is 5.56 Å².